The Morgan fingerprint density at radius 3 is 2.32 bits per heavy atom. The fraction of sp³-hybridized carbons (Fsp3) is 0.952. The smallest absolute Gasteiger partial charge is 0.314 e. The van der Waals surface area contributed by atoms with E-state index in [4.69, 9.17) is 0 Å². The lowest BCUT2D eigenvalue weighted by Gasteiger charge is -2.60. The first kappa shape index (κ1) is 17.6. The van der Waals surface area contributed by atoms with E-state index in [0.717, 1.165) is 62.9 Å². The summed E-state index contributed by atoms with van der Waals surface area (Å²) in [5, 5.41) is 16.9. The quantitative estimate of drug-likeness (QED) is 0.680. The highest BCUT2D eigenvalue weighted by Gasteiger charge is 2.56. The second-order valence-corrected chi connectivity index (χ2v) is 9.91. The number of urea groups is 1. The lowest BCUT2D eigenvalue weighted by Crippen LogP contribution is -2.56. The molecule has 5 saturated carbocycles. The molecule has 0 aromatic heterocycles. The summed E-state index contributed by atoms with van der Waals surface area (Å²) in [4.78, 5) is 12.1. The zero-order valence-corrected chi connectivity index (χ0v) is 15.7. The van der Waals surface area contributed by atoms with Crippen molar-refractivity contribution in [3.8, 4) is 0 Å². The number of hydrogen-bond donors (Lipinski definition) is 3. The van der Waals surface area contributed by atoms with Gasteiger partial charge in [-0.1, -0.05) is 32.1 Å². The van der Waals surface area contributed by atoms with E-state index >= 15 is 0 Å². The third kappa shape index (κ3) is 4.15. The molecule has 0 spiro atoms. The monoisotopic (exact) mass is 348 g/mol. The van der Waals surface area contributed by atoms with Crippen LogP contribution in [0.25, 0.3) is 0 Å². The summed E-state index contributed by atoms with van der Waals surface area (Å²) in [7, 11) is 0. The number of carbonyl (C=O) groups excluding carboxylic acids is 1. The Kier molecular flexibility index (Phi) is 5.00. The minimum Gasteiger partial charge on any atom is -0.390 e. The molecule has 0 heterocycles. The molecule has 0 radical (unpaired) electrons. The van der Waals surface area contributed by atoms with Gasteiger partial charge in [0.25, 0.3) is 0 Å². The van der Waals surface area contributed by atoms with Gasteiger partial charge >= 0.3 is 6.03 Å². The molecule has 0 aromatic carbocycles. The highest BCUT2D eigenvalue weighted by atomic mass is 16.3. The molecule has 3 N–H and O–H groups in total. The Labute approximate surface area is 152 Å². The van der Waals surface area contributed by atoms with Crippen LogP contribution in [0.4, 0.5) is 4.79 Å². The molecule has 4 nitrogen and oxygen atoms in total. The SMILES string of the molecule is O=C(NCCC1CCCCC1)NCCC12CC3CC(CC(O)(C3)C1)C2. The molecule has 5 rings (SSSR count). The van der Waals surface area contributed by atoms with Gasteiger partial charge < -0.3 is 15.7 Å². The molecule has 2 unspecified atom stereocenters. The molecular formula is C21H36N2O2. The van der Waals surface area contributed by atoms with Crippen LogP contribution in [0.3, 0.4) is 0 Å². The zero-order chi connectivity index (χ0) is 17.3. The van der Waals surface area contributed by atoms with Crippen molar-refractivity contribution in [2.75, 3.05) is 13.1 Å². The van der Waals surface area contributed by atoms with Crippen molar-refractivity contribution in [3.63, 3.8) is 0 Å². The van der Waals surface area contributed by atoms with Crippen molar-refractivity contribution < 1.29 is 9.90 Å². The van der Waals surface area contributed by atoms with Crippen molar-refractivity contribution in [1.29, 1.82) is 0 Å². The largest absolute Gasteiger partial charge is 0.390 e. The van der Waals surface area contributed by atoms with Gasteiger partial charge in [0, 0.05) is 13.1 Å². The van der Waals surface area contributed by atoms with Crippen LogP contribution in [0, 0.1) is 23.2 Å². The van der Waals surface area contributed by atoms with Crippen molar-refractivity contribution in [2.24, 2.45) is 23.2 Å². The molecule has 5 aliphatic carbocycles. The molecule has 2 atom stereocenters. The van der Waals surface area contributed by atoms with Crippen LogP contribution in [0.5, 0.6) is 0 Å². The predicted octanol–water partition coefficient (Wildman–Crippen LogP) is 3.98. The minimum atomic E-state index is -0.383. The van der Waals surface area contributed by atoms with Gasteiger partial charge in [-0.25, -0.2) is 4.79 Å². The van der Waals surface area contributed by atoms with Crippen molar-refractivity contribution in [1.82, 2.24) is 10.6 Å². The minimum absolute atomic E-state index is 0.000695. The van der Waals surface area contributed by atoms with Crippen molar-refractivity contribution in [3.05, 3.63) is 0 Å². The maximum Gasteiger partial charge on any atom is 0.314 e. The van der Waals surface area contributed by atoms with Crippen LogP contribution in [0.1, 0.15) is 83.5 Å². The van der Waals surface area contributed by atoms with E-state index in [0.29, 0.717) is 5.41 Å². The Hall–Kier alpha value is -0.770. The molecule has 2 amide bonds. The van der Waals surface area contributed by atoms with Gasteiger partial charge in [-0.15, -0.1) is 0 Å². The van der Waals surface area contributed by atoms with E-state index in [9.17, 15) is 9.90 Å². The van der Waals surface area contributed by atoms with Crippen LogP contribution >= 0.6 is 0 Å². The molecule has 5 aliphatic rings. The highest BCUT2D eigenvalue weighted by Crippen LogP contribution is 2.62. The molecule has 142 valence electrons. The van der Waals surface area contributed by atoms with E-state index in [2.05, 4.69) is 10.6 Å². The summed E-state index contributed by atoms with van der Waals surface area (Å²) in [6, 6.07) is -0.000695. The highest BCUT2D eigenvalue weighted by molar-refractivity contribution is 5.73. The first-order valence-corrected chi connectivity index (χ1v) is 10.8. The number of amides is 2. The van der Waals surface area contributed by atoms with Gasteiger partial charge in [0.1, 0.15) is 0 Å². The lowest BCUT2D eigenvalue weighted by molar-refractivity contribution is -0.165. The molecule has 0 aliphatic heterocycles. The summed E-state index contributed by atoms with van der Waals surface area (Å²) in [6.07, 6.45) is 15.9. The van der Waals surface area contributed by atoms with Gasteiger partial charge in [-0.05, 0) is 74.5 Å². The average molecular weight is 349 g/mol. The summed E-state index contributed by atoms with van der Waals surface area (Å²) in [5.74, 6) is 2.29. The zero-order valence-electron chi connectivity index (χ0n) is 15.7. The number of hydrogen-bond acceptors (Lipinski definition) is 2. The van der Waals surface area contributed by atoms with Crippen LogP contribution in [0.2, 0.25) is 0 Å². The molecular weight excluding hydrogens is 312 g/mol. The van der Waals surface area contributed by atoms with E-state index in [-0.39, 0.29) is 11.6 Å². The second-order valence-electron chi connectivity index (χ2n) is 9.91. The van der Waals surface area contributed by atoms with Crippen LogP contribution < -0.4 is 10.6 Å². The van der Waals surface area contributed by atoms with Gasteiger partial charge in [-0.3, -0.25) is 0 Å². The summed E-state index contributed by atoms with van der Waals surface area (Å²) >= 11 is 0. The maximum absolute atomic E-state index is 12.1. The average Bonchev–Trinajstić information content (AvgIpc) is 2.53. The molecule has 0 saturated heterocycles. The van der Waals surface area contributed by atoms with Gasteiger partial charge in [0.15, 0.2) is 0 Å². The standard InChI is InChI=1S/C21H36N2O2/c24-19(22-8-6-16-4-2-1-3-5-16)23-9-7-20-11-17-10-18(12-20)14-21(25,13-17)15-20/h16-18,25H,1-15H2,(H2,22,23,24). The fourth-order valence-electron chi connectivity index (χ4n) is 7.06. The third-order valence-corrected chi connectivity index (χ3v) is 7.66. The Morgan fingerprint density at radius 2 is 1.64 bits per heavy atom. The fourth-order valence-corrected chi connectivity index (χ4v) is 7.06. The molecule has 0 aromatic rings. The Morgan fingerprint density at radius 1 is 0.960 bits per heavy atom. The second kappa shape index (κ2) is 7.09. The summed E-state index contributed by atoms with van der Waals surface area (Å²) in [5.41, 5.74) is -0.0828. The predicted molar refractivity (Wildman–Crippen MR) is 99.3 cm³/mol. The number of carbonyl (C=O) groups is 1. The van der Waals surface area contributed by atoms with E-state index in [1.54, 1.807) is 0 Å². The van der Waals surface area contributed by atoms with Gasteiger partial charge in [0.2, 0.25) is 0 Å². The number of nitrogens with one attached hydrogen (secondary N) is 2. The first-order chi connectivity index (χ1) is 12.0. The molecule has 25 heavy (non-hydrogen) atoms. The summed E-state index contributed by atoms with van der Waals surface area (Å²) < 4.78 is 0. The summed E-state index contributed by atoms with van der Waals surface area (Å²) in [6.45, 7) is 1.57. The van der Waals surface area contributed by atoms with Crippen molar-refractivity contribution >= 4 is 6.03 Å². The number of aliphatic hydroxyl groups is 1. The van der Waals surface area contributed by atoms with Gasteiger partial charge in [0.05, 0.1) is 5.60 Å². The van der Waals surface area contributed by atoms with Crippen LogP contribution in [-0.4, -0.2) is 29.8 Å². The molecule has 4 heteroatoms. The Bertz CT molecular complexity index is 472. The van der Waals surface area contributed by atoms with E-state index in [1.165, 1.54) is 51.4 Å². The van der Waals surface area contributed by atoms with Crippen LogP contribution in [-0.2, 0) is 0 Å². The number of rotatable bonds is 6. The van der Waals surface area contributed by atoms with E-state index in [1.807, 2.05) is 0 Å². The third-order valence-electron chi connectivity index (χ3n) is 7.66. The normalized spacial score (nSPS) is 40.2. The van der Waals surface area contributed by atoms with Gasteiger partial charge in [-0.2, -0.15) is 0 Å². The van der Waals surface area contributed by atoms with E-state index < -0.39 is 0 Å². The lowest BCUT2D eigenvalue weighted by atomic mass is 9.47. The maximum atomic E-state index is 12.1. The van der Waals surface area contributed by atoms with Crippen LogP contribution in [0.15, 0.2) is 0 Å². The topological polar surface area (TPSA) is 61.4 Å². The first-order valence-electron chi connectivity index (χ1n) is 10.8. The Balaban J connectivity index is 1.16. The molecule has 5 fully saturated rings. The van der Waals surface area contributed by atoms with Crippen molar-refractivity contribution in [2.45, 2.75) is 89.1 Å². The molecule has 4 bridgehead atoms.